The summed E-state index contributed by atoms with van der Waals surface area (Å²) in [5.41, 5.74) is -0.950. The van der Waals surface area contributed by atoms with Crippen LogP contribution >= 0.6 is 0 Å². The molecule has 0 spiro atoms. The van der Waals surface area contributed by atoms with Crippen LogP contribution in [0.2, 0.25) is 0 Å². The first kappa shape index (κ1) is 14.7. The fourth-order valence-corrected chi connectivity index (χ4v) is 2.52. The summed E-state index contributed by atoms with van der Waals surface area (Å²) < 4.78 is 22.4. The van der Waals surface area contributed by atoms with Crippen molar-refractivity contribution in [2.75, 3.05) is 13.7 Å². The molecule has 0 aromatic carbocycles. The lowest BCUT2D eigenvalue weighted by atomic mass is 9.99. The molecule has 1 amide bonds. The van der Waals surface area contributed by atoms with E-state index in [2.05, 4.69) is 5.32 Å². The molecule has 1 N–H and O–H groups in total. The topological polar surface area (TPSA) is 66.0 Å². The molecule has 19 heavy (non-hydrogen) atoms. The Morgan fingerprint density at radius 2 is 2.00 bits per heavy atom. The summed E-state index contributed by atoms with van der Waals surface area (Å²) in [6, 6.07) is -0.242. The van der Waals surface area contributed by atoms with Gasteiger partial charge in [-0.1, -0.05) is 0 Å². The number of methoxy groups -OCH3 is 1. The maximum Gasteiger partial charge on any atom is 0.255 e. The number of fused-ring (bicyclic) bond motifs is 1. The molecule has 2 rings (SSSR count). The molecule has 2 heterocycles. The zero-order valence-electron chi connectivity index (χ0n) is 12.4. The first-order valence-corrected chi connectivity index (χ1v) is 6.48. The van der Waals surface area contributed by atoms with E-state index in [0.29, 0.717) is 6.61 Å². The number of carbonyl (C=O) groups is 1. The third-order valence-corrected chi connectivity index (χ3v) is 3.65. The van der Waals surface area contributed by atoms with Crippen molar-refractivity contribution in [2.45, 2.75) is 63.9 Å². The number of nitrogens with one attached hydrogen (secondary N) is 1. The van der Waals surface area contributed by atoms with Crippen LogP contribution in [0.4, 0.5) is 0 Å². The van der Waals surface area contributed by atoms with Crippen molar-refractivity contribution in [1.29, 1.82) is 0 Å². The lowest BCUT2D eigenvalue weighted by Gasteiger charge is -2.27. The Bertz CT molecular complexity index is 381. The highest BCUT2D eigenvalue weighted by molar-refractivity contribution is 5.89. The minimum Gasteiger partial charge on any atom is -0.354 e. The Kier molecular flexibility index (Phi) is 3.42. The van der Waals surface area contributed by atoms with Crippen LogP contribution in [0.5, 0.6) is 0 Å². The quantitative estimate of drug-likeness (QED) is 0.767. The van der Waals surface area contributed by atoms with Gasteiger partial charge in [-0.2, -0.15) is 0 Å². The van der Waals surface area contributed by atoms with Crippen LogP contribution in [-0.2, 0) is 23.7 Å². The van der Waals surface area contributed by atoms with Crippen molar-refractivity contribution < 1.29 is 23.7 Å². The molecule has 0 bridgehead atoms. The van der Waals surface area contributed by atoms with Crippen LogP contribution in [0.15, 0.2) is 0 Å². The number of amides is 1. The normalized spacial score (nSPS) is 37.3. The summed E-state index contributed by atoms with van der Waals surface area (Å²) >= 11 is 0. The number of rotatable bonds is 4. The molecule has 6 heteroatoms. The predicted molar refractivity (Wildman–Crippen MR) is 67.4 cm³/mol. The van der Waals surface area contributed by atoms with Gasteiger partial charge in [0.15, 0.2) is 17.2 Å². The molecule has 0 saturated carbocycles. The van der Waals surface area contributed by atoms with E-state index in [9.17, 15) is 4.79 Å². The second-order valence-corrected chi connectivity index (χ2v) is 6.14. The highest BCUT2D eigenvalue weighted by Crippen LogP contribution is 2.41. The predicted octanol–water partition coefficient (Wildman–Crippen LogP) is 0.794. The molecule has 0 unspecified atom stereocenters. The average molecular weight is 273 g/mol. The SMILES string of the molecule is COC(C)(C)OC[C@H]1NC(=O)[C@]2(C)OC(C)(C)O[C@H]12. The van der Waals surface area contributed by atoms with Gasteiger partial charge in [-0.15, -0.1) is 0 Å². The van der Waals surface area contributed by atoms with Gasteiger partial charge in [-0.3, -0.25) is 4.79 Å². The van der Waals surface area contributed by atoms with Crippen molar-refractivity contribution in [3.63, 3.8) is 0 Å². The van der Waals surface area contributed by atoms with Crippen molar-refractivity contribution in [2.24, 2.45) is 0 Å². The van der Waals surface area contributed by atoms with E-state index in [1.165, 1.54) is 0 Å². The first-order valence-electron chi connectivity index (χ1n) is 6.48. The van der Waals surface area contributed by atoms with Crippen LogP contribution in [-0.4, -0.2) is 48.9 Å². The fourth-order valence-electron chi connectivity index (χ4n) is 2.52. The standard InChI is InChI=1S/C13H23NO5/c1-11(2,16-6)17-7-8-9-13(5,10(15)14-8)19-12(3,4)18-9/h8-9H,7H2,1-6H3,(H,14,15)/t8-,9-,13-/m1/s1. The zero-order valence-corrected chi connectivity index (χ0v) is 12.4. The Hall–Kier alpha value is -0.690. The lowest BCUT2D eigenvalue weighted by Crippen LogP contribution is -2.43. The van der Waals surface area contributed by atoms with Crippen LogP contribution in [0.1, 0.15) is 34.6 Å². The second-order valence-electron chi connectivity index (χ2n) is 6.14. The van der Waals surface area contributed by atoms with Crippen molar-refractivity contribution >= 4 is 5.91 Å². The molecule has 2 saturated heterocycles. The van der Waals surface area contributed by atoms with Gasteiger partial charge in [0, 0.05) is 7.11 Å². The van der Waals surface area contributed by atoms with E-state index < -0.39 is 17.2 Å². The van der Waals surface area contributed by atoms with Gasteiger partial charge in [0.05, 0.1) is 12.6 Å². The molecule has 110 valence electrons. The third kappa shape index (κ3) is 2.63. The van der Waals surface area contributed by atoms with Gasteiger partial charge < -0.3 is 24.3 Å². The Morgan fingerprint density at radius 3 is 2.58 bits per heavy atom. The van der Waals surface area contributed by atoms with Crippen molar-refractivity contribution in [3.8, 4) is 0 Å². The van der Waals surface area contributed by atoms with Crippen LogP contribution in [0.25, 0.3) is 0 Å². The van der Waals surface area contributed by atoms with E-state index in [4.69, 9.17) is 18.9 Å². The van der Waals surface area contributed by atoms with Gasteiger partial charge >= 0.3 is 0 Å². The third-order valence-electron chi connectivity index (χ3n) is 3.65. The van der Waals surface area contributed by atoms with Gasteiger partial charge in [0.2, 0.25) is 0 Å². The monoisotopic (exact) mass is 273 g/mol. The molecule has 6 nitrogen and oxygen atoms in total. The second kappa shape index (κ2) is 4.41. The molecule has 3 atom stereocenters. The van der Waals surface area contributed by atoms with E-state index in [1.54, 1.807) is 27.9 Å². The number of hydrogen-bond donors (Lipinski definition) is 1. The van der Waals surface area contributed by atoms with Crippen molar-refractivity contribution in [3.05, 3.63) is 0 Å². The maximum absolute atomic E-state index is 12.1. The van der Waals surface area contributed by atoms with E-state index in [1.807, 2.05) is 13.8 Å². The molecule has 0 aromatic heterocycles. The molecular formula is C13H23NO5. The highest BCUT2D eigenvalue weighted by Gasteiger charge is 2.62. The lowest BCUT2D eigenvalue weighted by molar-refractivity contribution is -0.207. The Morgan fingerprint density at radius 1 is 1.37 bits per heavy atom. The first-order chi connectivity index (χ1) is 8.60. The Labute approximate surface area is 113 Å². The molecule has 0 aromatic rings. The fraction of sp³-hybridized carbons (Fsp3) is 0.923. The van der Waals surface area contributed by atoms with Gasteiger partial charge in [0.25, 0.3) is 5.91 Å². The van der Waals surface area contributed by atoms with Gasteiger partial charge in [0.1, 0.15) is 6.10 Å². The summed E-state index contributed by atoms with van der Waals surface area (Å²) in [6.45, 7) is 9.31. The van der Waals surface area contributed by atoms with E-state index in [0.717, 1.165) is 0 Å². The van der Waals surface area contributed by atoms with E-state index >= 15 is 0 Å². The van der Waals surface area contributed by atoms with Crippen LogP contribution in [0, 0.1) is 0 Å². The van der Waals surface area contributed by atoms with Gasteiger partial charge in [-0.05, 0) is 34.6 Å². The molecule has 0 aliphatic carbocycles. The van der Waals surface area contributed by atoms with E-state index in [-0.39, 0.29) is 18.1 Å². The van der Waals surface area contributed by atoms with Gasteiger partial charge in [-0.25, -0.2) is 0 Å². The summed E-state index contributed by atoms with van der Waals surface area (Å²) in [5.74, 6) is -1.61. The molecule has 2 fully saturated rings. The molecule has 2 aliphatic heterocycles. The molecule has 0 radical (unpaired) electrons. The minimum absolute atomic E-state index is 0.160. The number of ether oxygens (including phenoxy) is 4. The summed E-state index contributed by atoms with van der Waals surface area (Å²) in [4.78, 5) is 12.1. The van der Waals surface area contributed by atoms with Crippen molar-refractivity contribution in [1.82, 2.24) is 5.32 Å². The zero-order chi connectivity index (χ0) is 14.5. The maximum atomic E-state index is 12.1. The highest BCUT2D eigenvalue weighted by atomic mass is 16.8. The number of carbonyl (C=O) groups excluding carboxylic acids is 1. The number of hydrogen-bond acceptors (Lipinski definition) is 5. The molecule has 2 aliphatic rings. The summed E-state index contributed by atoms with van der Waals surface area (Å²) in [6.07, 6.45) is -0.359. The Balaban J connectivity index is 2.07. The van der Waals surface area contributed by atoms with Crippen LogP contribution < -0.4 is 5.32 Å². The largest absolute Gasteiger partial charge is 0.354 e. The smallest absolute Gasteiger partial charge is 0.255 e. The summed E-state index contributed by atoms with van der Waals surface area (Å²) in [5, 5.41) is 2.86. The average Bonchev–Trinajstić information content (AvgIpc) is 2.66. The van der Waals surface area contributed by atoms with Crippen LogP contribution in [0.3, 0.4) is 0 Å². The minimum atomic E-state index is -0.950. The summed E-state index contributed by atoms with van der Waals surface area (Å²) in [7, 11) is 1.58. The molecular weight excluding hydrogens is 250 g/mol.